The molecular formula is C57H37N5. The highest BCUT2D eigenvalue weighted by atomic mass is 15.2. The normalized spacial score (nSPS) is 11.5. The van der Waals surface area contributed by atoms with E-state index in [4.69, 9.17) is 15.0 Å². The first-order valence-electron chi connectivity index (χ1n) is 20.9. The lowest BCUT2D eigenvalue weighted by Gasteiger charge is -2.14. The van der Waals surface area contributed by atoms with Crippen molar-refractivity contribution in [3.63, 3.8) is 0 Å². The second kappa shape index (κ2) is 14.7. The van der Waals surface area contributed by atoms with Crippen LogP contribution in [-0.2, 0) is 0 Å². The molecule has 0 radical (unpaired) electrons. The number of rotatable bonds is 7. The first kappa shape index (κ1) is 35.5. The van der Waals surface area contributed by atoms with Crippen LogP contribution in [0.2, 0.25) is 0 Å². The van der Waals surface area contributed by atoms with Gasteiger partial charge in [-0.2, -0.15) is 9.97 Å². The molecule has 5 nitrogen and oxygen atoms in total. The van der Waals surface area contributed by atoms with E-state index >= 15 is 0 Å². The Morgan fingerprint density at radius 2 is 0.661 bits per heavy atom. The van der Waals surface area contributed by atoms with Crippen molar-refractivity contribution in [2.24, 2.45) is 0 Å². The molecule has 0 saturated carbocycles. The zero-order valence-corrected chi connectivity index (χ0v) is 33.6. The third-order valence-corrected chi connectivity index (χ3v) is 12.0. The lowest BCUT2D eigenvalue weighted by Crippen LogP contribution is -2.06. The van der Waals surface area contributed by atoms with Gasteiger partial charge in [0.05, 0.1) is 27.8 Å². The molecule has 0 saturated heterocycles. The summed E-state index contributed by atoms with van der Waals surface area (Å²) in [5.41, 5.74) is 14.3. The molecule has 0 N–H and O–H groups in total. The molecule has 0 unspecified atom stereocenters. The van der Waals surface area contributed by atoms with E-state index in [1.807, 2.05) is 24.3 Å². The van der Waals surface area contributed by atoms with Crippen molar-refractivity contribution >= 4 is 43.6 Å². The minimum Gasteiger partial charge on any atom is -0.309 e. The predicted molar refractivity (Wildman–Crippen MR) is 256 cm³/mol. The number of hydrogen-bond donors (Lipinski definition) is 0. The Morgan fingerprint density at radius 3 is 1.24 bits per heavy atom. The van der Waals surface area contributed by atoms with Gasteiger partial charge in [-0.1, -0.05) is 194 Å². The standard InChI is InChI=1S/C57H37N5/c1-4-16-38(17-5-1)39-28-30-40(31-29-39)41-32-34-44(35-33-41)56-58-55(43-20-8-3-9-21-43)59-57(60-56)62-52-27-15-12-24-47(52)49-36-48-46-23-11-14-26-51(46)61(53(48)37-54(49)62)50-25-13-10-22-45(50)42-18-6-2-7-19-42/h1-37H. The number of benzene rings is 9. The largest absolute Gasteiger partial charge is 0.309 e. The van der Waals surface area contributed by atoms with Crippen molar-refractivity contribution in [1.29, 1.82) is 0 Å². The Balaban J connectivity index is 1.06. The smallest absolute Gasteiger partial charge is 0.238 e. The van der Waals surface area contributed by atoms with Crippen LogP contribution >= 0.6 is 0 Å². The third-order valence-electron chi connectivity index (χ3n) is 12.0. The number of fused-ring (bicyclic) bond motifs is 6. The van der Waals surface area contributed by atoms with Crippen molar-refractivity contribution in [3.05, 3.63) is 224 Å². The summed E-state index contributed by atoms with van der Waals surface area (Å²) < 4.78 is 4.63. The molecule has 0 spiro atoms. The number of nitrogens with zero attached hydrogens (tertiary/aromatic N) is 5. The first-order valence-corrected chi connectivity index (χ1v) is 20.9. The van der Waals surface area contributed by atoms with E-state index in [1.165, 1.54) is 33.0 Å². The van der Waals surface area contributed by atoms with Gasteiger partial charge in [0.2, 0.25) is 5.95 Å². The molecule has 0 bridgehead atoms. The topological polar surface area (TPSA) is 48.5 Å². The Bertz CT molecular complexity index is 3590. The SMILES string of the molecule is c1ccc(-c2ccc(-c3ccc(-c4nc(-c5ccccc5)nc(-n5c6ccccc6c6cc7c8ccccc8n(-c8ccccc8-c8ccccc8)c7cc65)n4)cc3)cc2)cc1. The van der Waals surface area contributed by atoms with Crippen LogP contribution in [0.5, 0.6) is 0 Å². The fourth-order valence-corrected chi connectivity index (χ4v) is 9.04. The van der Waals surface area contributed by atoms with Crippen LogP contribution in [-0.4, -0.2) is 24.1 Å². The number of aromatic nitrogens is 5. The average Bonchev–Trinajstić information content (AvgIpc) is 3.86. The van der Waals surface area contributed by atoms with E-state index in [2.05, 4.69) is 209 Å². The maximum Gasteiger partial charge on any atom is 0.238 e. The summed E-state index contributed by atoms with van der Waals surface area (Å²) in [7, 11) is 0. The lowest BCUT2D eigenvalue weighted by atomic mass is 9.99. The Hall–Kier alpha value is -8.41. The van der Waals surface area contributed by atoms with Crippen LogP contribution in [0.25, 0.3) is 111 Å². The van der Waals surface area contributed by atoms with Crippen molar-refractivity contribution in [2.75, 3.05) is 0 Å². The summed E-state index contributed by atoms with van der Waals surface area (Å²) in [6.45, 7) is 0. The van der Waals surface area contributed by atoms with Gasteiger partial charge in [0.25, 0.3) is 0 Å². The lowest BCUT2D eigenvalue weighted by molar-refractivity contribution is 0.953. The van der Waals surface area contributed by atoms with Gasteiger partial charge in [-0.3, -0.25) is 4.57 Å². The minimum atomic E-state index is 0.562. The molecule has 0 aliphatic carbocycles. The second-order valence-corrected chi connectivity index (χ2v) is 15.6. The molecule has 0 atom stereocenters. The molecule has 0 amide bonds. The van der Waals surface area contributed by atoms with Crippen LogP contribution in [0, 0.1) is 0 Å². The van der Waals surface area contributed by atoms with Crippen LogP contribution < -0.4 is 0 Å². The molecule has 0 aliphatic rings. The molecule has 12 rings (SSSR count). The van der Waals surface area contributed by atoms with Gasteiger partial charge in [-0.25, -0.2) is 4.98 Å². The Kier molecular flexibility index (Phi) is 8.42. The zero-order valence-electron chi connectivity index (χ0n) is 33.6. The molecule has 290 valence electrons. The van der Waals surface area contributed by atoms with Gasteiger partial charge in [0, 0.05) is 38.2 Å². The highest BCUT2D eigenvalue weighted by Gasteiger charge is 2.22. The van der Waals surface area contributed by atoms with Crippen LogP contribution in [0.15, 0.2) is 224 Å². The predicted octanol–water partition coefficient (Wildman–Crippen LogP) is 14.4. The summed E-state index contributed by atoms with van der Waals surface area (Å²) in [6, 6.07) is 79.3. The van der Waals surface area contributed by atoms with Crippen molar-refractivity contribution in [3.8, 4) is 67.8 Å². The van der Waals surface area contributed by atoms with Crippen LogP contribution in [0.1, 0.15) is 0 Å². The van der Waals surface area contributed by atoms with E-state index in [0.717, 1.165) is 60.8 Å². The van der Waals surface area contributed by atoms with Gasteiger partial charge in [-0.15, -0.1) is 0 Å². The van der Waals surface area contributed by atoms with E-state index in [0.29, 0.717) is 17.6 Å². The first-order chi connectivity index (χ1) is 30.7. The van der Waals surface area contributed by atoms with E-state index in [9.17, 15) is 0 Å². The number of para-hydroxylation sites is 3. The maximum absolute atomic E-state index is 5.31. The molecule has 5 heteroatoms. The molecule has 3 heterocycles. The Labute approximate surface area is 358 Å². The fraction of sp³-hybridized carbons (Fsp3) is 0. The summed E-state index contributed by atoms with van der Waals surface area (Å²) in [6.07, 6.45) is 0. The summed E-state index contributed by atoms with van der Waals surface area (Å²) in [5, 5.41) is 4.67. The monoisotopic (exact) mass is 791 g/mol. The molecular weight excluding hydrogens is 755 g/mol. The molecule has 9 aromatic carbocycles. The summed E-state index contributed by atoms with van der Waals surface area (Å²) in [5.74, 6) is 1.79. The van der Waals surface area contributed by atoms with Crippen molar-refractivity contribution < 1.29 is 0 Å². The van der Waals surface area contributed by atoms with Crippen LogP contribution in [0.4, 0.5) is 0 Å². The summed E-state index contributed by atoms with van der Waals surface area (Å²) >= 11 is 0. The molecule has 0 fully saturated rings. The van der Waals surface area contributed by atoms with Gasteiger partial charge in [0.1, 0.15) is 0 Å². The molecule has 12 aromatic rings. The van der Waals surface area contributed by atoms with E-state index in [1.54, 1.807) is 0 Å². The molecule has 62 heavy (non-hydrogen) atoms. The van der Waals surface area contributed by atoms with Gasteiger partial charge in [-0.05, 0) is 58.1 Å². The fourth-order valence-electron chi connectivity index (χ4n) is 9.04. The highest BCUT2D eigenvalue weighted by Crippen LogP contribution is 2.41. The van der Waals surface area contributed by atoms with Gasteiger partial charge in [0.15, 0.2) is 11.6 Å². The molecule has 0 aliphatic heterocycles. The second-order valence-electron chi connectivity index (χ2n) is 15.6. The maximum atomic E-state index is 5.31. The van der Waals surface area contributed by atoms with Gasteiger partial charge >= 0.3 is 0 Å². The highest BCUT2D eigenvalue weighted by molar-refractivity contribution is 6.19. The van der Waals surface area contributed by atoms with E-state index in [-0.39, 0.29) is 0 Å². The van der Waals surface area contributed by atoms with Crippen LogP contribution in [0.3, 0.4) is 0 Å². The van der Waals surface area contributed by atoms with Gasteiger partial charge < -0.3 is 4.57 Å². The Morgan fingerprint density at radius 1 is 0.258 bits per heavy atom. The van der Waals surface area contributed by atoms with Crippen molar-refractivity contribution in [2.45, 2.75) is 0 Å². The van der Waals surface area contributed by atoms with Crippen molar-refractivity contribution in [1.82, 2.24) is 24.1 Å². The number of hydrogen-bond acceptors (Lipinski definition) is 3. The third kappa shape index (κ3) is 5.98. The van der Waals surface area contributed by atoms with E-state index < -0.39 is 0 Å². The zero-order chi connectivity index (χ0) is 41.0. The summed E-state index contributed by atoms with van der Waals surface area (Å²) in [4.78, 5) is 15.7. The average molecular weight is 792 g/mol. The molecule has 3 aromatic heterocycles. The quantitative estimate of drug-likeness (QED) is 0.162. The minimum absolute atomic E-state index is 0.562.